The molecule has 256 valence electrons. The van der Waals surface area contributed by atoms with E-state index in [1.54, 1.807) is 0 Å². The Bertz CT molecular complexity index is 538. The van der Waals surface area contributed by atoms with Crippen LogP contribution in [-0.2, 0) is 61.6 Å². The Morgan fingerprint density at radius 2 is 0.442 bits per heavy atom. The number of hydrogen-bond acceptors (Lipinski definition) is 14. The molecule has 0 saturated heterocycles. The fourth-order valence-corrected chi connectivity index (χ4v) is 2.83. The van der Waals surface area contributed by atoms with Crippen molar-refractivity contribution in [3.63, 3.8) is 0 Å². The minimum Gasteiger partial charge on any atom is -0.394 e. The van der Waals surface area contributed by atoms with Gasteiger partial charge >= 0.3 is 0 Å². The molecule has 0 aliphatic carbocycles. The summed E-state index contributed by atoms with van der Waals surface area (Å²) >= 11 is 0. The van der Waals surface area contributed by atoms with Crippen molar-refractivity contribution in [3.8, 4) is 12.3 Å². The molecule has 43 heavy (non-hydrogen) atoms. The van der Waals surface area contributed by atoms with Crippen molar-refractivity contribution in [1.82, 2.24) is 0 Å². The Kier molecular flexibility index (Phi) is 40.0. The zero-order valence-electron chi connectivity index (χ0n) is 25.9. The molecule has 0 saturated carbocycles. The summed E-state index contributed by atoms with van der Waals surface area (Å²) in [6.45, 7) is 12.7. The average Bonchev–Trinajstić information content (AvgIpc) is 3.02. The monoisotopic (exact) mass is 628 g/mol. The molecule has 0 unspecified atom stereocenters. The molecule has 14 heteroatoms. The molecule has 0 aromatic carbocycles. The van der Waals surface area contributed by atoms with Gasteiger partial charge in [-0.25, -0.2) is 0 Å². The fourth-order valence-electron chi connectivity index (χ4n) is 2.83. The topological polar surface area (TPSA) is 140 Å². The first kappa shape index (κ1) is 42.0. The third kappa shape index (κ3) is 41.0. The van der Waals surface area contributed by atoms with Crippen LogP contribution in [0.25, 0.3) is 0 Å². The van der Waals surface area contributed by atoms with Gasteiger partial charge in [-0.15, -0.1) is 6.42 Å². The number of ether oxygens (including phenoxy) is 13. The van der Waals surface area contributed by atoms with Crippen LogP contribution in [0.3, 0.4) is 0 Å². The van der Waals surface area contributed by atoms with Gasteiger partial charge in [-0.3, -0.25) is 0 Å². The standard InChI is InChI=1S/C29H56O14/c1-2-4-31-6-8-33-10-12-35-14-16-37-18-20-39-22-24-41-26-28-43-29-27-42-25-23-40-21-19-38-17-15-36-13-11-34-9-7-32-5-3-30/h1,30H,3-29H2. The van der Waals surface area contributed by atoms with Gasteiger partial charge in [0.25, 0.3) is 0 Å². The van der Waals surface area contributed by atoms with Gasteiger partial charge in [0.05, 0.1) is 172 Å². The van der Waals surface area contributed by atoms with Crippen molar-refractivity contribution in [2.24, 2.45) is 0 Å². The smallest absolute Gasteiger partial charge is 0.107 e. The largest absolute Gasteiger partial charge is 0.394 e. The number of hydrogen-bond donors (Lipinski definition) is 1. The lowest BCUT2D eigenvalue weighted by molar-refractivity contribution is -0.0290. The Balaban J connectivity index is 3.03. The van der Waals surface area contributed by atoms with Crippen LogP contribution >= 0.6 is 0 Å². The van der Waals surface area contributed by atoms with E-state index in [2.05, 4.69) is 5.92 Å². The highest BCUT2D eigenvalue weighted by molar-refractivity contribution is 4.82. The molecular weight excluding hydrogens is 572 g/mol. The Hall–Kier alpha value is -1.00. The molecule has 0 radical (unpaired) electrons. The van der Waals surface area contributed by atoms with E-state index in [0.717, 1.165) is 0 Å². The van der Waals surface area contributed by atoms with E-state index < -0.39 is 0 Å². The predicted octanol–water partition coefficient (Wildman–Crippen LogP) is -0.172. The Morgan fingerprint density at radius 3 is 0.605 bits per heavy atom. The molecule has 0 aliphatic heterocycles. The highest BCUT2D eigenvalue weighted by Gasteiger charge is 1.96. The predicted molar refractivity (Wildman–Crippen MR) is 157 cm³/mol. The summed E-state index contributed by atoms with van der Waals surface area (Å²) in [4.78, 5) is 0. The van der Waals surface area contributed by atoms with E-state index in [1.807, 2.05) is 0 Å². The molecule has 0 aromatic rings. The molecule has 0 amide bonds. The lowest BCUT2D eigenvalue weighted by atomic mass is 10.6. The first-order valence-electron chi connectivity index (χ1n) is 15.0. The number of aliphatic hydroxyl groups is 1. The molecule has 0 aromatic heterocycles. The number of rotatable bonds is 39. The maximum Gasteiger partial charge on any atom is 0.107 e. The molecular formula is C29H56O14. The first-order chi connectivity index (χ1) is 21.4. The summed E-state index contributed by atoms with van der Waals surface area (Å²) in [5.41, 5.74) is 0. The fraction of sp³-hybridized carbons (Fsp3) is 0.931. The molecule has 0 heterocycles. The van der Waals surface area contributed by atoms with Crippen LogP contribution in [0.5, 0.6) is 0 Å². The van der Waals surface area contributed by atoms with Gasteiger partial charge in [0.2, 0.25) is 0 Å². The second-order valence-electron chi connectivity index (χ2n) is 8.33. The van der Waals surface area contributed by atoms with Crippen molar-refractivity contribution < 1.29 is 66.7 Å². The average molecular weight is 629 g/mol. The summed E-state index contributed by atoms with van der Waals surface area (Å²) < 4.78 is 69.8. The molecule has 1 N–H and O–H groups in total. The van der Waals surface area contributed by atoms with E-state index in [9.17, 15) is 0 Å². The Morgan fingerprint density at radius 1 is 0.279 bits per heavy atom. The van der Waals surface area contributed by atoms with Crippen LogP contribution in [0, 0.1) is 12.3 Å². The molecule has 0 rings (SSSR count). The molecule has 0 atom stereocenters. The quantitative estimate of drug-likeness (QED) is 0.0711. The van der Waals surface area contributed by atoms with Crippen molar-refractivity contribution in [3.05, 3.63) is 0 Å². The number of aliphatic hydroxyl groups excluding tert-OH is 1. The van der Waals surface area contributed by atoms with Gasteiger partial charge in [0, 0.05) is 0 Å². The molecule has 0 aliphatic rings. The van der Waals surface area contributed by atoms with E-state index in [1.165, 1.54) is 0 Å². The first-order valence-corrected chi connectivity index (χ1v) is 15.0. The molecule has 14 nitrogen and oxygen atoms in total. The summed E-state index contributed by atoms with van der Waals surface area (Å²) in [7, 11) is 0. The third-order valence-electron chi connectivity index (χ3n) is 4.89. The van der Waals surface area contributed by atoms with E-state index in [-0.39, 0.29) is 6.61 Å². The van der Waals surface area contributed by atoms with Gasteiger partial charge < -0.3 is 66.7 Å². The van der Waals surface area contributed by atoms with Gasteiger partial charge in [-0.05, 0) is 0 Å². The summed E-state index contributed by atoms with van der Waals surface area (Å²) in [6.07, 6.45) is 5.08. The van der Waals surface area contributed by atoms with Crippen molar-refractivity contribution >= 4 is 0 Å². The highest BCUT2D eigenvalue weighted by Crippen LogP contribution is 1.87. The molecule has 0 bridgehead atoms. The summed E-state index contributed by atoms with van der Waals surface area (Å²) in [5.74, 6) is 2.39. The zero-order chi connectivity index (χ0) is 31.0. The van der Waals surface area contributed by atoms with Crippen molar-refractivity contribution in [1.29, 1.82) is 0 Å². The van der Waals surface area contributed by atoms with Crippen LogP contribution in [0.15, 0.2) is 0 Å². The second-order valence-corrected chi connectivity index (χ2v) is 8.33. The van der Waals surface area contributed by atoms with Crippen LogP contribution in [-0.4, -0.2) is 183 Å². The van der Waals surface area contributed by atoms with Gasteiger partial charge in [0.15, 0.2) is 0 Å². The van der Waals surface area contributed by atoms with Crippen molar-refractivity contribution in [2.45, 2.75) is 0 Å². The van der Waals surface area contributed by atoms with Crippen LogP contribution in [0.2, 0.25) is 0 Å². The van der Waals surface area contributed by atoms with E-state index in [0.29, 0.717) is 172 Å². The minimum absolute atomic E-state index is 0.0239. The van der Waals surface area contributed by atoms with E-state index in [4.69, 9.17) is 73.1 Å². The normalized spacial score (nSPS) is 11.3. The Labute approximate surface area is 257 Å². The van der Waals surface area contributed by atoms with Gasteiger partial charge in [-0.1, -0.05) is 5.92 Å². The van der Waals surface area contributed by atoms with Crippen LogP contribution in [0.4, 0.5) is 0 Å². The van der Waals surface area contributed by atoms with Crippen LogP contribution in [0.1, 0.15) is 0 Å². The second kappa shape index (κ2) is 41.0. The van der Waals surface area contributed by atoms with Crippen molar-refractivity contribution in [2.75, 3.05) is 178 Å². The maximum atomic E-state index is 8.57. The van der Waals surface area contributed by atoms with Crippen LogP contribution < -0.4 is 0 Å². The zero-order valence-corrected chi connectivity index (χ0v) is 25.9. The maximum absolute atomic E-state index is 8.57. The molecule has 0 fully saturated rings. The van der Waals surface area contributed by atoms with E-state index >= 15 is 0 Å². The summed E-state index contributed by atoms with van der Waals surface area (Å²) in [6, 6.07) is 0. The lowest BCUT2D eigenvalue weighted by Gasteiger charge is -2.09. The summed E-state index contributed by atoms with van der Waals surface area (Å²) in [5, 5.41) is 8.57. The van der Waals surface area contributed by atoms with Gasteiger partial charge in [-0.2, -0.15) is 0 Å². The third-order valence-corrected chi connectivity index (χ3v) is 4.89. The van der Waals surface area contributed by atoms with Gasteiger partial charge in [0.1, 0.15) is 6.61 Å². The minimum atomic E-state index is 0.0239. The number of terminal acetylenes is 1. The lowest BCUT2D eigenvalue weighted by Crippen LogP contribution is -2.15. The highest BCUT2D eigenvalue weighted by atomic mass is 16.6. The molecule has 0 spiro atoms. The SMILES string of the molecule is C#CCOCCOCCOCCOCCOCCOCCOCCOCCOCCOCCOCCOCCOCCO.